The minimum atomic E-state index is -1.00. The molecule has 2 aromatic carbocycles. The summed E-state index contributed by atoms with van der Waals surface area (Å²) >= 11 is 7.23. The van der Waals surface area contributed by atoms with Crippen molar-refractivity contribution < 1.29 is 13.2 Å². The van der Waals surface area contributed by atoms with Gasteiger partial charge >= 0.3 is 0 Å². The molecule has 0 fully saturated rings. The SMILES string of the molecule is Fc1cc(F)c(-n2c(=S)[nH]c3cc(I)ccc32)c(F)c1. The fourth-order valence-corrected chi connectivity index (χ4v) is 2.84. The predicted octanol–water partition coefficient (Wildman–Crippen LogP) is 4.71. The van der Waals surface area contributed by atoms with E-state index in [0.717, 1.165) is 3.57 Å². The molecule has 1 heterocycles. The van der Waals surface area contributed by atoms with Crippen LogP contribution >= 0.6 is 34.8 Å². The van der Waals surface area contributed by atoms with Crippen LogP contribution in [0.4, 0.5) is 13.2 Å². The van der Waals surface area contributed by atoms with Gasteiger partial charge in [-0.25, -0.2) is 13.2 Å². The number of H-pyrrole nitrogens is 1. The quantitative estimate of drug-likeness (QED) is 0.459. The van der Waals surface area contributed by atoms with Crippen molar-refractivity contribution >= 4 is 45.8 Å². The number of rotatable bonds is 1. The molecule has 0 amide bonds. The molecule has 102 valence electrons. The Balaban J connectivity index is 2.41. The van der Waals surface area contributed by atoms with Gasteiger partial charge in [-0.2, -0.15) is 0 Å². The molecule has 3 aromatic rings. The number of aromatic nitrogens is 2. The molecule has 0 radical (unpaired) electrons. The van der Waals surface area contributed by atoms with Crippen LogP contribution in [-0.4, -0.2) is 9.55 Å². The van der Waals surface area contributed by atoms with Crippen molar-refractivity contribution in [1.29, 1.82) is 0 Å². The second-order valence-corrected chi connectivity index (χ2v) is 5.78. The lowest BCUT2D eigenvalue weighted by Crippen LogP contribution is -2.02. The fraction of sp³-hybridized carbons (Fsp3) is 0. The van der Waals surface area contributed by atoms with Crippen molar-refractivity contribution in [2.75, 3.05) is 0 Å². The van der Waals surface area contributed by atoms with E-state index in [0.29, 0.717) is 23.2 Å². The molecule has 0 saturated heterocycles. The molecule has 7 heteroatoms. The molecule has 0 spiro atoms. The Morgan fingerprint density at radius 2 is 1.70 bits per heavy atom. The second kappa shape index (κ2) is 4.88. The van der Waals surface area contributed by atoms with Crippen molar-refractivity contribution in [3.63, 3.8) is 0 Å². The highest BCUT2D eigenvalue weighted by Crippen LogP contribution is 2.25. The summed E-state index contributed by atoms with van der Waals surface area (Å²) in [5.41, 5.74) is 0.800. The van der Waals surface area contributed by atoms with Crippen LogP contribution in [0.1, 0.15) is 0 Å². The first-order valence-corrected chi connectivity index (χ1v) is 7.01. The molecule has 20 heavy (non-hydrogen) atoms. The van der Waals surface area contributed by atoms with Gasteiger partial charge in [0.15, 0.2) is 16.4 Å². The molecule has 0 saturated carbocycles. The first-order chi connectivity index (χ1) is 9.47. The smallest absolute Gasteiger partial charge is 0.182 e. The number of hydrogen-bond acceptors (Lipinski definition) is 1. The first-order valence-electron chi connectivity index (χ1n) is 5.52. The van der Waals surface area contributed by atoms with Gasteiger partial charge < -0.3 is 4.98 Å². The van der Waals surface area contributed by atoms with Crippen molar-refractivity contribution in [2.24, 2.45) is 0 Å². The highest BCUT2D eigenvalue weighted by atomic mass is 127. The van der Waals surface area contributed by atoms with Crippen LogP contribution in [-0.2, 0) is 0 Å². The summed E-state index contributed by atoms with van der Waals surface area (Å²) in [6.45, 7) is 0. The number of imidazole rings is 1. The molecule has 1 aromatic heterocycles. The van der Waals surface area contributed by atoms with Gasteiger partial charge in [-0.15, -0.1) is 0 Å². The minimum Gasteiger partial charge on any atom is -0.330 e. The normalized spacial score (nSPS) is 11.2. The van der Waals surface area contributed by atoms with Gasteiger partial charge in [0.1, 0.15) is 11.5 Å². The van der Waals surface area contributed by atoms with Crippen molar-refractivity contribution in [3.8, 4) is 5.69 Å². The fourth-order valence-electron chi connectivity index (χ4n) is 2.05. The van der Waals surface area contributed by atoms with E-state index < -0.39 is 17.5 Å². The van der Waals surface area contributed by atoms with E-state index in [-0.39, 0.29) is 10.5 Å². The van der Waals surface area contributed by atoms with Crippen LogP contribution in [0.25, 0.3) is 16.7 Å². The minimum absolute atomic E-state index is 0.145. The monoisotopic (exact) mass is 406 g/mol. The summed E-state index contributed by atoms with van der Waals surface area (Å²) < 4.78 is 43.1. The number of hydrogen-bond donors (Lipinski definition) is 1. The lowest BCUT2D eigenvalue weighted by molar-refractivity contribution is 0.535. The average Bonchev–Trinajstić information content (AvgIpc) is 2.64. The number of nitrogens with one attached hydrogen (secondary N) is 1. The number of fused-ring (bicyclic) bond motifs is 1. The number of aromatic amines is 1. The maximum Gasteiger partial charge on any atom is 0.182 e. The van der Waals surface area contributed by atoms with E-state index in [2.05, 4.69) is 27.6 Å². The maximum atomic E-state index is 13.9. The Hall–Kier alpha value is -1.35. The standard InChI is InChI=1S/C13H6F3IN2S/c14-6-3-8(15)12(9(16)4-6)19-11-2-1-7(17)5-10(11)18-13(19)20/h1-5H,(H,18,20). The van der Waals surface area contributed by atoms with Gasteiger partial charge in [-0.3, -0.25) is 4.57 Å². The number of nitrogens with zero attached hydrogens (tertiary/aromatic N) is 1. The summed E-state index contributed by atoms with van der Waals surface area (Å²) in [4.78, 5) is 2.88. The van der Waals surface area contributed by atoms with Crippen LogP contribution in [0.3, 0.4) is 0 Å². The van der Waals surface area contributed by atoms with Crippen LogP contribution in [0, 0.1) is 25.8 Å². The Morgan fingerprint density at radius 1 is 1.05 bits per heavy atom. The number of halogens is 4. The van der Waals surface area contributed by atoms with Crippen LogP contribution in [0.5, 0.6) is 0 Å². The summed E-state index contributed by atoms with van der Waals surface area (Å²) in [6.07, 6.45) is 0. The van der Waals surface area contributed by atoms with Crippen molar-refractivity contribution in [1.82, 2.24) is 9.55 Å². The molecule has 0 bridgehead atoms. The zero-order valence-electron chi connectivity index (χ0n) is 9.75. The third-order valence-electron chi connectivity index (χ3n) is 2.85. The van der Waals surface area contributed by atoms with Crippen molar-refractivity contribution in [3.05, 3.63) is 56.1 Å². The topological polar surface area (TPSA) is 20.7 Å². The Bertz CT molecular complexity index is 862. The second-order valence-electron chi connectivity index (χ2n) is 4.15. The van der Waals surface area contributed by atoms with Crippen molar-refractivity contribution in [2.45, 2.75) is 0 Å². The van der Waals surface area contributed by atoms with E-state index in [1.54, 1.807) is 12.1 Å². The molecule has 0 aliphatic heterocycles. The predicted molar refractivity (Wildman–Crippen MR) is 81.1 cm³/mol. The third kappa shape index (κ3) is 2.14. The zero-order chi connectivity index (χ0) is 14.4. The van der Waals surface area contributed by atoms with Gasteiger partial charge in [-0.05, 0) is 53.0 Å². The first kappa shape index (κ1) is 13.6. The van der Waals surface area contributed by atoms with Crippen LogP contribution < -0.4 is 0 Å². The number of benzene rings is 2. The molecule has 0 aliphatic carbocycles. The summed E-state index contributed by atoms with van der Waals surface area (Å²) in [5.74, 6) is -2.97. The van der Waals surface area contributed by atoms with E-state index >= 15 is 0 Å². The molecule has 0 aliphatic rings. The Morgan fingerprint density at radius 3 is 2.35 bits per heavy atom. The van der Waals surface area contributed by atoms with E-state index in [4.69, 9.17) is 12.2 Å². The summed E-state index contributed by atoms with van der Waals surface area (Å²) in [5, 5.41) is 0. The molecular formula is C13H6F3IN2S. The Kier molecular flexibility index (Phi) is 3.33. The Labute approximate surface area is 130 Å². The lowest BCUT2D eigenvalue weighted by atomic mass is 10.2. The van der Waals surface area contributed by atoms with E-state index in [1.807, 2.05) is 6.07 Å². The molecule has 0 atom stereocenters. The van der Waals surface area contributed by atoms with Gasteiger partial charge in [-0.1, -0.05) is 0 Å². The van der Waals surface area contributed by atoms with E-state index in [1.165, 1.54) is 4.57 Å². The summed E-state index contributed by atoms with van der Waals surface area (Å²) in [6, 6.07) is 6.56. The summed E-state index contributed by atoms with van der Waals surface area (Å²) in [7, 11) is 0. The molecular weight excluding hydrogens is 400 g/mol. The van der Waals surface area contributed by atoms with Gasteiger partial charge in [0.25, 0.3) is 0 Å². The largest absolute Gasteiger partial charge is 0.330 e. The van der Waals surface area contributed by atoms with Gasteiger partial charge in [0.2, 0.25) is 0 Å². The third-order valence-corrected chi connectivity index (χ3v) is 3.81. The molecule has 3 rings (SSSR count). The maximum absolute atomic E-state index is 13.9. The zero-order valence-corrected chi connectivity index (χ0v) is 12.7. The lowest BCUT2D eigenvalue weighted by Gasteiger charge is -2.07. The highest BCUT2D eigenvalue weighted by molar-refractivity contribution is 14.1. The van der Waals surface area contributed by atoms with Gasteiger partial charge in [0, 0.05) is 15.7 Å². The van der Waals surface area contributed by atoms with Crippen LogP contribution in [0.15, 0.2) is 30.3 Å². The molecule has 0 unspecified atom stereocenters. The highest BCUT2D eigenvalue weighted by Gasteiger charge is 2.17. The van der Waals surface area contributed by atoms with E-state index in [9.17, 15) is 13.2 Å². The van der Waals surface area contributed by atoms with Gasteiger partial charge in [0.05, 0.1) is 11.0 Å². The molecule has 1 N–H and O–H groups in total. The molecule has 2 nitrogen and oxygen atoms in total. The van der Waals surface area contributed by atoms with Crippen LogP contribution in [0.2, 0.25) is 0 Å². The average molecular weight is 406 g/mol.